The van der Waals surface area contributed by atoms with Crippen molar-refractivity contribution in [3.63, 3.8) is 0 Å². The molecule has 42 heteroatoms. The van der Waals surface area contributed by atoms with Crippen LogP contribution in [0.4, 0.5) is 162 Å². The first-order valence-electron chi connectivity index (χ1n) is 11.3. The minimum Gasteiger partial charge on any atom is -0.743 e. The summed E-state index contributed by atoms with van der Waals surface area (Å²) in [4.78, 5) is 0. The molecule has 58 heavy (non-hydrogen) atoms. The van der Waals surface area contributed by atoms with Crippen molar-refractivity contribution in [1.82, 2.24) is 0 Å². The van der Waals surface area contributed by atoms with E-state index in [0.717, 1.165) is 0 Å². The lowest BCUT2D eigenvalue weighted by atomic mass is 9.91. The van der Waals surface area contributed by atoms with E-state index in [2.05, 4.69) is 0 Å². The zero-order valence-electron chi connectivity index (χ0n) is 24.1. The molecule has 0 aliphatic rings. The highest BCUT2D eigenvalue weighted by molar-refractivity contribution is 7.86. The molecule has 0 amide bonds. The smallest absolute Gasteiger partial charge is 0.515 e. The molecule has 0 heterocycles. The SMILES string of the molecule is FC(F)(F)C(F)(F)[N+](C(F)(F)C(F)(F)F)(C(F)(F)C(F)(F)F)C(F)(F)C(F)(F)F.O=S(=O)([O-])C(F)(F)C(F)(F)C(F)(F)C(F)(F)C(F)(F)C(F)(F)C(F)(F)C(F)(F)F. The first-order valence-corrected chi connectivity index (χ1v) is 12.7. The fourth-order valence-electron chi connectivity index (χ4n) is 3.13. The third-order valence-electron chi connectivity index (χ3n) is 6.06. The predicted octanol–water partition coefficient (Wildman–Crippen LogP) is 10.9. The fourth-order valence-corrected chi connectivity index (χ4v) is 3.57. The Morgan fingerprint density at radius 1 is 0.259 bits per heavy atom. The molecular formula is C16F37NO3S. The Morgan fingerprint density at radius 2 is 0.414 bits per heavy atom. The number of halogens is 37. The van der Waals surface area contributed by atoms with Gasteiger partial charge in [0.2, 0.25) is 0 Å². The van der Waals surface area contributed by atoms with Gasteiger partial charge in [0.15, 0.2) is 10.1 Å². The van der Waals surface area contributed by atoms with E-state index in [0.29, 0.717) is 0 Å². The van der Waals surface area contributed by atoms with Gasteiger partial charge in [0.25, 0.3) is 0 Å². The lowest BCUT2D eigenvalue weighted by Gasteiger charge is -2.52. The van der Waals surface area contributed by atoms with Crippen LogP contribution >= 0.6 is 0 Å². The van der Waals surface area contributed by atoms with Crippen molar-refractivity contribution in [3.05, 3.63) is 0 Å². The van der Waals surface area contributed by atoms with Gasteiger partial charge in [-0.05, 0) is 4.48 Å². The average Bonchev–Trinajstić information content (AvgIpc) is 2.88. The van der Waals surface area contributed by atoms with Gasteiger partial charge < -0.3 is 4.55 Å². The van der Waals surface area contributed by atoms with Crippen LogP contribution in [-0.2, 0) is 10.1 Å². The Balaban J connectivity index is 0. The van der Waals surface area contributed by atoms with E-state index in [4.69, 9.17) is 0 Å². The van der Waals surface area contributed by atoms with Crippen LogP contribution in [0.25, 0.3) is 0 Å². The van der Waals surface area contributed by atoms with Crippen molar-refractivity contribution in [2.45, 2.75) is 95.9 Å². The third-order valence-corrected chi connectivity index (χ3v) is 6.94. The van der Waals surface area contributed by atoms with Crippen LogP contribution in [0.15, 0.2) is 0 Å². The Hall–Kier alpha value is -2.72. The maximum atomic E-state index is 13.2. The number of quaternary nitrogens is 1. The largest absolute Gasteiger partial charge is 0.743 e. The van der Waals surface area contributed by atoms with Crippen molar-refractivity contribution in [3.8, 4) is 0 Å². The summed E-state index contributed by atoms with van der Waals surface area (Å²) in [6, 6.07) is -37.6. The van der Waals surface area contributed by atoms with E-state index in [9.17, 15) is 175 Å². The van der Waals surface area contributed by atoms with Gasteiger partial charge in [0.05, 0.1) is 0 Å². The van der Waals surface area contributed by atoms with Gasteiger partial charge in [0.1, 0.15) is 0 Å². The van der Waals surface area contributed by atoms with Crippen LogP contribution in [0.1, 0.15) is 0 Å². The topological polar surface area (TPSA) is 57.2 Å². The second-order valence-corrected chi connectivity index (χ2v) is 11.2. The molecule has 0 radical (unpaired) electrons. The quantitative estimate of drug-likeness (QED) is 0.0897. The molecule has 0 rings (SSSR count). The van der Waals surface area contributed by atoms with Crippen LogP contribution in [0.2, 0.25) is 0 Å². The molecule has 0 N–H and O–H groups in total. The Morgan fingerprint density at radius 3 is 0.552 bits per heavy atom. The zero-order chi connectivity index (χ0) is 49.0. The van der Waals surface area contributed by atoms with Crippen molar-refractivity contribution in [2.24, 2.45) is 0 Å². The highest BCUT2D eigenvalue weighted by Crippen LogP contribution is 2.69. The first kappa shape index (κ1) is 57.4. The number of alkyl halides is 37. The number of hydrogen-bond donors (Lipinski definition) is 0. The fraction of sp³-hybridized carbons (Fsp3) is 1.00. The third kappa shape index (κ3) is 7.30. The summed E-state index contributed by atoms with van der Waals surface area (Å²) in [7, 11) is -8.14. The molecule has 0 atom stereocenters. The van der Waals surface area contributed by atoms with Gasteiger partial charge in [-0.1, -0.05) is 0 Å². The highest BCUT2D eigenvalue weighted by atomic mass is 32.2. The van der Waals surface area contributed by atoms with Crippen LogP contribution in [-0.4, -0.2) is 113 Å². The molecule has 0 aromatic heterocycles. The second kappa shape index (κ2) is 13.9. The monoisotopic (exact) mass is 989 g/mol. The molecule has 352 valence electrons. The number of rotatable bonds is 11. The molecule has 0 fully saturated rings. The molecule has 0 saturated carbocycles. The van der Waals surface area contributed by atoms with E-state index in [-0.39, 0.29) is 0 Å². The van der Waals surface area contributed by atoms with Crippen LogP contribution < -0.4 is 0 Å². The van der Waals surface area contributed by atoms with Gasteiger partial charge in [-0.3, -0.25) is 0 Å². The number of hydrogen-bond acceptors (Lipinski definition) is 3. The minimum absolute atomic E-state index is 7.89. The zero-order valence-corrected chi connectivity index (χ0v) is 24.9. The lowest BCUT2D eigenvalue weighted by Crippen LogP contribution is -2.91. The lowest BCUT2D eigenvalue weighted by molar-refractivity contribution is -1.21. The summed E-state index contributed by atoms with van der Waals surface area (Å²) in [6.07, 6.45) is -42.5. The molecule has 0 aromatic carbocycles. The van der Waals surface area contributed by atoms with Crippen molar-refractivity contribution in [2.75, 3.05) is 0 Å². The van der Waals surface area contributed by atoms with Gasteiger partial charge >= 0.3 is 95.9 Å². The van der Waals surface area contributed by atoms with E-state index in [1.807, 2.05) is 0 Å². The van der Waals surface area contributed by atoms with Gasteiger partial charge in [-0.25, -0.2) is 8.42 Å². The Bertz CT molecular complexity index is 1460. The number of nitrogens with zero attached hydrogens (tertiary/aromatic N) is 1. The molecule has 0 spiro atoms. The Kier molecular flexibility index (Phi) is 13.8. The maximum Gasteiger partial charge on any atom is 0.515 e. The van der Waals surface area contributed by atoms with E-state index < -0.39 is 110 Å². The normalized spacial score (nSPS) is 16.9. The summed E-state index contributed by atoms with van der Waals surface area (Å²) in [5.74, 6) is -52.1. The van der Waals surface area contributed by atoms with Crippen molar-refractivity contribution >= 4 is 10.1 Å². The molecule has 0 aromatic rings. The summed E-state index contributed by atoms with van der Waals surface area (Å²) in [5.41, 5.74) is 0. The molecule has 0 bridgehead atoms. The summed E-state index contributed by atoms with van der Waals surface area (Å²) in [6.45, 7) is 0. The van der Waals surface area contributed by atoms with E-state index in [1.165, 1.54) is 0 Å². The van der Waals surface area contributed by atoms with Gasteiger partial charge in [-0.2, -0.15) is 127 Å². The predicted molar refractivity (Wildman–Crippen MR) is 94.6 cm³/mol. The van der Waals surface area contributed by atoms with Gasteiger partial charge in [-0.15, -0.1) is 35.1 Å². The molecule has 0 unspecified atom stereocenters. The standard InChI is InChI=1S/C8F20N.C8HF17O3S/c9-1(10,11)5(21,22)29(6(23,24)2(12,13)14,7(25,26)3(15,16)17)8(27,28)4(18,19)20;9-1(10,3(13,14)5(17,18)7(21,22)23)2(11,12)4(15,16)6(19,20)8(24,25)29(26,27)28/h;(H,26,27,28)/q+1;/p-1. The Labute approximate surface area is 287 Å². The summed E-state index contributed by atoms with van der Waals surface area (Å²) < 4.78 is 488. The maximum absolute atomic E-state index is 13.2. The molecule has 0 saturated heterocycles. The van der Waals surface area contributed by atoms with E-state index >= 15 is 0 Å². The molecule has 0 aliphatic heterocycles. The second-order valence-electron chi connectivity index (χ2n) is 9.74. The van der Waals surface area contributed by atoms with Crippen LogP contribution in [0, 0.1) is 0 Å². The van der Waals surface area contributed by atoms with Gasteiger partial charge in [0, 0.05) is 0 Å². The first-order chi connectivity index (χ1) is 24.0. The molecule has 4 nitrogen and oxygen atoms in total. The molecular weight excluding hydrogens is 989 g/mol. The van der Waals surface area contributed by atoms with Crippen molar-refractivity contribution in [1.29, 1.82) is 0 Å². The summed E-state index contributed by atoms with van der Waals surface area (Å²) in [5, 5.41) is -7.95. The van der Waals surface area contributed by atoms with Crippen LogP contribution in [0.5, 0.6) is 0 Å². The summed E-state index contributed by atoms with van der Waals surface area (Å²) >= 11 is 0. The minimum atomic E-state index is -9.40. The molecule has 0 aliphatic carbocycles. The highest BCUT2D eigenvalue weighted by Gasteiger charge is 3.07. The van der Waals surface area contributed by atoms with Crippen LogP contribution in [0.3, 0.4) is 0 Å². The van der Waals surface area contributed by atoms with Crippen molar-refractivity contribution < 1.29 is 180 Å². The van der Waals surface area contributed by atoms with E-state index in [1.54, 1.807) is 0 Å². The average molecular weight is 989 g/mol.